The van der Waals surface area contributed by atoms with Crippen LogP contribution in [0.2, 0.25) is 5.02 Å². The van der Waals surface area contributed by atoms with Crippen LogP contribution in [0.15, 0.2) is 65.6 Å². The van der Waals surface area contributed by atoms with Crippen LogP contribution in [0, 0.1) is 0 Å². The fourth-order valence-electron chi connectivity index (χ4n) is 1.69. The highest BCUT2D eigenvalue weighted by Crippen LogP contribution is 2.34. The van der Waals surface area contributed by atoms with Gasteiger partial charge in [-0.15, -0.1) is 0 Å². The van der Waals surface area contributed by atoms with Crippen LogP contribution in [-0.2, 0) is 9.53 Å². The van der Waals surface area contributed by atoms with E-state index in [1.165, 1.54) is 17.8 Å². The molecule has 0 unspecified atom stereocenters. The van der Waals surface area contributed by atoms with E-state index in [4.69, 9.17) is 16.3 Å². The van der Waals surface area contributed by atoms with Gasteiger partial charge >= 0.3 is 5.97 Å². The first-order chi connectivity index (χ1) is 10.2. The second-order valence-corrected chi connectivity index (χ2v) is 5.73. The van der Waals surface area contributed by atoms with Gasteiger partial charge in [0.2, 0.25) is 0 Å². The maximum absolute atomic E-state index is 11.7. The van der Waals surface area contributed by atoms with Crippen LogP contribution in [0.3, 0.4) is 0 Å². The Bertz CT molecular complexity index is 621. The fourth-order valence-corrected chi connectivity index (χ4v) is 2.76. The standard InChI is InChI=1S/C17H15ClO2S/c1-2-20-17(19)12-16(13-6-4-3-5-7-13)21-15-10-8-14(18)9-11-15/h3-12H,2H2,1H3/b16-12+. The Labute approximate surface area is 133 Å². The topological polar surface area (TPSA) is 26.3 Å². The molecular formula is C17H15ClO2S. The van der Waals surface area contributed by atoms with Crippen molar-refractivity contribution in [2.45, 2.75) is 11.8 Å². The van der Waals surface area contributed by atoms with E-state index in [-0.39, 0.29) is 5.97 Å². The van der Waals surface area contributed by atoms with E-state index in [2.05, 4.69) is 0 Å². The molecule has 108 valence electrons. The Kier molecular flexibility index (Phi) is 5.90. The van der Waals surface area contributed by atoms with Crippen LogP contribution in [0.25, 0.3) is 4.91 Å². The van der Waals surface area contributed by atoms with Crippen LogP contribution in [-0.4, -0.2) is 12.6 Å². The third kappa shape index (κ3) is 4.96. The number of carbonyl (C=O) groups is 1. The van der Waals surface area contributed by atoms with Gasteiger partial charge in [-0.25, -0.2) is 4.79 Å². The first-order valence-electron chi connectivity index (χ1n) is 6.56. The van der Waals surface area contributed by atoms with E-state index >= 15 is 0 Å². The van der Waals surface area contributed by atoms with Gasteiger partial charge < -0.3 is 4.74 Å². The molecule has 2 aromatic rings. The lowest BCUT2D eigenvalue weighted by Gasteiger charge is -2.08. The quantitative estimate of drug-likeness (QED) is 0.439. The second kappa shape index (κ2) is 7.91. The summed E-state index contributed by atoms with van der Waals surface area (Å²) < 4.78 is 5.00. The van der Waals surface area contributed by atoms with Crippen LogP contribution in [0.4, 0.5) is 0 Å². The molecule has 0 amide bonds. The van der Waals surface area contributed by atoms with Crippen molar-refractivity contribution in [2.75, 3.05) is 6.61 Å². The first kappa shape index (κ1) is 15.7. The zero-order valence-corrected chi connectivity index (χ0v) is 13.2. The molecule has 0 saturated carbocycles. The van der Waals surface area contributed by atoms with Crippen molar-refractivity contribution in [3.63, 3.8) is 0 Å². The Morgan fingerprint density at radius 2 is 1.81 bits per heavy atom. The van der Waals surface area contributed by atoms with Crippen molar-refractivity contribution in [3.8, 4) is 0 Å². The van der Waals surface area contributed by atoms with Gasteiger partial charge in [0.1, 0.15) is 0 Å². The maximum Gasteiger partial charge on any atom is 0.331 e. The molecule has 0 bridgehead atoms. The average molecular weight is 319 g/mol. The number of hydrogen-bond acceptors (Lipinski definition) is 3. The van der Waals surface area contributed by atoms with Crippen molar-refractivity contribution in [1.29, 1.82) is 0 Å². The lowest BCUT2D eigenvalue weighted by molar-refractivity contribution is -0.137. The zero-order chi connectivity index (χ0) is 15.1. The van der Waals surface area contributed by atoms with E-state index in [9.17, 15) is 4.79 Å². The molecule has 0 N–H and O–H groups in total. The Morgan fingerprint density at radius 1 is 1.14 bits per heavy atom. The van der Waals surface area contributed by atoms with Gasteiger partial charge in [-0.05, 0) is 36.8 Å². The molecule has 0 spiro atoms. The highest BCUT2D eigenvalue weighted by Gasteiger charge is 2.08. The van der Waals surface area contributed by atoms with Crippen LogP contribution < -0.4 is 0 Å². The number of thioether (sulfide) groups is 1. The summed E-state index contributed by atoms with van der Waals surface area (Å²) in [5, 5.41) is 0.690. The minimum Gasteiger partial charge on any atom is -0.463 e. The summed E-state index contributed by atoms with van der Waals surface area (Å²) in [6.45, 7) is 2.16. The molecule has 4 heteroatoms. The third-order valence-electron chi connectivity index (χ3n) is 2.64. The predicted octanol–water partition coefficient (Wildman–Crippen LogP) is 5.04. The van der Waals surface area contributed by atoms with Gasteiger partial charge in [0.25, 0.3) is 0 Å². The van der Waals surface area contributed by atoms with Gasteiger partial charge in [0, 0.05) is 20.9 Å². The number of ether oxygens (including phenoxy) is 1. The monoisotopic (exact) mass is 318 g/mol. The van der Waals surface area contributed by atoms with Gasteiger partial charge in [-0.2, -0.15) is 0 Å². The summed E-state index contributed by atoms with van der Waals surface area (Å²) >= 11 is 7.40. The van der Waals surface area contributed by atoms with Gasteiger partial charge in [0.15, 0.2) is 0 Å². The van der Waals surface area contributed by atoms with Crippen LogP contribution in [0.1, 0.15) is 12.5 Å². The molecule has 0 aliphatic heterocycles. The summed E-state index contributed by atoms with van der Waals surface area (Å²) in [4.78, 5) is 13.6. The minimum absolute atomic E-state index is 0.335. The molecule has 0 heterocycles. The molecule has 0 fully saturated rings. The van der Waals surface area contributed by atoms with Crippen LogP contribution in [0.5, 0.6) is 0 Å². The van der Waals surface area contributed by atoms with Crippen LogP contribution >= 0.6 is 23.4 Å². The van der Waals surface area contributed by atoms with E-state index < -0.39 is 0 Å². The highest BCUT2D eigenvalue weighted by atomic mass is 35.5. The van der Waals surface area contributed by atoms with Gasteiger partial charge in [0.05, 0.1) is 6.61 Å². The largest absolute Gasteiger partial charge is 0.463 e. The molecule has 2 nitrogen and oxygen atoms in total. The van der Waals surface area contributed by atoms with Crippen molar-refractivity contribution in [1.82, 2.24) is 0 Å². The molecule has 2 rings (SSSR count). The summed E-state index contributed by atoms with van der Waals surface area (Å²) in [7, 11) is 0. The number of rotatable bonds is 5. The Balaban J connectivity index is 2.28. The van der Waals surface area contributed by atoms with Gasteiger partial charge in [-0.1, -0.05) is 53.7 Å². The molecule has 0 saturated heterocycles. The normalized spacial score (nSPS) is 11.2. The molecule has 2 aromatic carbocycles. The Hall–Kier alpha value is -1.71. The van der Waals surface area contributed by atoms with Crippen molar-refractivity contribution in [2.24, 2.45) is 0 Å². The van der Waals surface area contributed by atoms with Crippen molar-refractivity contribution in [3.05, 3.63) is 71.3 Å². The number of carbonyl (C=O) groups excluding carboxylic acids is 1. The van der Waals surface area contributed by atoms with Crippen molar-refractivity contribution < 1.29 is 9.53 Å². The summed E-state index contributed by atoms with van der Waals surface area (Å²) in [6, 6.07) is 17.3. The SMILES string of the molecule is CCOC(=O)/C=C(/Sc1ccc(Cl)cc1)c1ccccc1. The van der Waals surface area contributed by atoms with E-state index in [1.807, 2.05) is 54.6 Å². The first-order valence-corrected chi connectivity index (χ1v) is 7.76. The lowest BCUT2D eigenvalue weighted by Crippen LogP contribution is -2.00. The summed E-state index contributed by atoms with van der Waals surface area (Å²) in [5.74, 6) is -0.335. The Morgan fingerprint density at radius 3 is 2.43 bits per heavy atom. The van der Waals surface area contributed by atoms with Crippen molar-refractivity contribution >= 4 is 34.2 Å². The smallest absolute Gasteiger partial charge is 0.331 e. The average Bonchev–Trinajstić information content (AvgIpc) is 2.50. The highest BCUT2D eigenvalue weighted by molar-refractivity contribution is 8.08. The molecule has 0 radical (unpaired) electrons. The second-order valence-electron chi connectivity index (χ2n) is 4.18. The summed E-state index contributed by atoms with van der Waals surface area (Å²) in [5.41, 5.74) is 0.977. The molecule has 0 aliphatic carbocycles. The molecule has 0 atom stereocenters. The zero-order valence-electron chi connectivity index (χ0n) is 11.6. The minimum atomic E-state index is -0.335. The molecule has 0 aliphatic rings. The predicted molar refractivity (Wildman–Crippen MR) is 88.4 cm³/mol. The number of esters is 1. The number of benzene rings is 2. The maximum atomic E-state index is 11.7. The van der Waals surface area contributed by atoms with E-state index in [0.29, 0.717) is 11.6 Å². The lowest BCUT2D eigenvalue weighted by atomic mass is 10.2. The number of hydrogen-bond donors (Lipinski definition) is 0. The van der Waals surface area contributed by atoms with Gasteiger partial charge in [-0.3, -0.25) is 0 Å². The number of halogens is 1. The summed E-state index contributed by atoms with van der Waals surface area (Å²) in [6.07, 6.45) is 1.53. The van der Waals surface area contributed by atoms with E-state index in [1.54, 1.807) is 6.92 Å². The third-order valence-corrected chi connectivity index (χ3v) is 3.97. The molecular weight excluding hydrogens is 304 g/mol. The van der Waals surface area contributed by atoms with E-state index in [0.717, 1.165) is 15.4 Å². The fraction of sp³-hybridized carbons (Fsp3) is 0.118. The molecule has 0 aromatic heterocycles. The molecule has 21 heavy (non-hydrogen) atoms.